The number of hydrogen-bond donors (Lipinski definition) is 0. The number of fused-ring (bicyclic) bond motifs is 5. The van der Waals surface area contributed by atoms with Crippen molar-refractivity contribution in [2.45, 2.75) is 12.5 Å². The lowest BCUT2D eigenvalue weighted by molar-refractivity contribution is -0.140. The molecule has 2 bridgehead atoms. The molecule has 0 radical (unpaired) electrons. The SMILES string of the molecule is COC(=O)/C1=C(\C(=O)OC)C2O/C(=C\C(OC)=C/C1)c1ccccc12. The molecule has 2 aliphatic rings. The Morgan fingerprint density at radius 1 is 1.08 bits per heavy atom. The Bertz CT molecular complexity index is 815. The highest BCUT2D eigenvalue weighted by atomic mass is 16.5. The third-order valence-corrected chi connectivity index (χ3v) is 4.19. The van der Waals surface area contributed by atoms with Gasteiger partial charge in [-0.25, -0.2) is 9.59 Å². The first-order valence-corrected chi connectivity index (χ1v) is 7.72. The smallest absolute Gasteiger partial charge is 0.338 e. The highest BCUT2D eigenvalue weighted by Gasteiger charge is 2.38. The molecule has 6 nitrogen and oxygen atoms in total. The molecule has 0 saturated carbocycles. The molecule has 2 heterocycles. The first kappa shape index (κ1) is 16.8. The van der Waals surface area contributed by atoms with Gasteiger partial charge in [0.2, 0.25) is 0 Å². The molecule has 0 N–H and O–H groups in total. The lowest BCUT2D eigenvalue weighted by Gasteiger charge is -2.17. The van der Waals surface area contributed by atoms with Gasteiger partial charge in [0.25, 0.3) is 0 Å². The van der Waals surface area contributed by atoms with Crippen LogP contribution in [0.25, 0.3) is 5.76 Å². The van der Waals surface area contributed by atoms with Gasteiger partial charge in [-0.05, 0) is 6.08 Å². The van der Waals surface area contributed by atoms with E-state index in [1.54, 1.807) is 12.2 Å². The third-order valence-electron chi connectivity index (χ3n) is 4.19. The van der Waals surface area contributed by atoms with Gasteiger partial charge in [-0.3, -0.25) is 0 Å². The summed E-state index contributed by atoms with van der Waals surface area (Å²) < 4.78 is 21.1. The van der Waals surface area contributed by atoms with Gasteiger partial charge in [-0.15, -0.1) is 0 Å². The van der Waals surface area contributed by atoms with Crippen molar-refractivity contribution in [3.8, 4) is 0 Å². The molecule has 0 aliphatic carbocycles. The van der Waals surface area contributed by atoms with E-state index < -0.39 is 18.0 Å². The molecule has 3 rings (SSSR count). The molecule has 1 aromatic rings. The van der Waals surface area contributed by atoms with Gasteiger partial charge in [0.1, 0.15) is 11.5 Å². The number of esters is 2. The molecular formula is C19H18O6. The predicted molar refractivity (Wildman–Crippen MR) is 89.0 cm³/mol. The maximum absolute atomic E-state index is 12.5. The van der Waals surface area contributed by atoms with Crippen molar-refractivity contribution < 1.29 is 28.5 Å². The minimum absolute atomic E-state index is 0.138. The molecule has 25 heavy (non-hydrogen) atoms. The average Bonchev–Trinajstić information content (AvgIpc) is 3.04. The van der Waals surface area contributed by atoms with Crippen molar-refractivity contribution in [1.82, 2.24) is 0 Å². The first-order chi connectivity index (χ1) is 12.1. The summed E-state index contributed by atoms with van der Waals surface area (Å²) in [6.07, 6.45) is 2.86. The van der Waals surface area contributed by atoms with E-state index >= 15 is 0 Å². The predicted octanol–water partition coefficient (Wildman–Crippen LogP) is 2.68. The summed E-state index contributed by atoms with van der Waals surface area (Å²) in [5.74, 6) is -0.140. The average molecular weight is 342 g/mol. The number of benzene rings is 1. The molecular weight excluding hydrogens is 324 g/mol. The van der Waals surface area contributed by atoms with Crippen molar-refractivity contribution in [1.29, 1.82) is 0 Å². The van der Waals surface area contributed by atoms with E-state index in [1.165, 1.54) is 21.3 Å². The van der Waals surface area contributed by atoms with Crippen LogP contribution in [0.4, 0.5) is 0 Å². The molecule has 1 aromatic carbocycles. The molecule has 0 fully saturated rings. The second-order valence-corrected chi connectivity index (χ2v) is 5.48. The number of ether oxygens (including phenoxy) is 4. The molecule has 1 atom stereocenters. The Kier molecular flexibility index (Phi) is 4.61. The monoisotopic (exact) mass is 342 g/mol. The topological polar surface area (TPSA) is 71.1 Å². The quantitative estimate of drug-likeness (QED) is 0.787. The van der Waals surface area contributed by atoms with Gasteiger partial charge < -0.3 is 18.9 Å². The zero-order valence-corrected chi connectivity index (χ0v) is 14.2. The van der Waals surface area contributed by atoms with Crippen LogP contribution in [0.15, 0.2) is 53.3 Å². The van der Waals surface area contributed by atoms with E-state index in [0.717, 1.165) is 11.1 Å². The van der Waals surface area contributed by atoms with Crippen LogP contribution in [0.5, 0.6) is 0 Å². The van der Waals surface area contributed by atoms with E-state index in [9.17, 15) is 9.59 Å². The summed E-state index contributed by atoms with van der Waals surface area (Å²) in [7, 11) is 4.07. The minimum atomic E-state index is -0.742. The lowest BCUT2D eigenvalue weighted by atomic mass is 9.93. The number of hydrogen-bond acceptors (Lipinski definition) is 6. The summed E-state index contributed by atoms with van der Waals surface area (Å²) in [6, 6.07) is 7.48. The van der Waals surface area contributed by atoms with E-state index in [0.29, 0.717) is 11.5 Å². The van der Waals surface area contributed by atoms with E-state index in [2.05, 4.69) is 0 Å². The lowest BCUT2D eigenvalue weighted by Crippen LogP contribution is -2.19. The van der Waals surface area contributed by atoms with Crippen LogP contribution in [0, 0.1) is 0 Å². The minimum Gasteiger partial charge on any atom is -0.497 e. The normalized spacial score (nSPS) is 25.6. The standard InChI is InChI=1S/C19H18O6/c1-22-11-8-9-14(18(20)23-2)16(19(21)24-3)17-13-7-5-4-6-12(13)15(10-11)25-17/h4-8,10,17H,9H2,1-3H3/b11-8+,15-10-,16-14-. The summed E-state index contributed by atoms with van der Waals surface area (Å²) in [6.45, 7) is 0. The van der Waals surface area contributed by atoms with Crippen LogP contribution in [0.3, 0.4) is 0 Å². The van der Waals surface area contributed by atoms with Gasteiger partial charge in [-0.1, -0.05) is 24.3 Å². The number of allylic oxidation sites excluding steroid dienone is 2. The Morgan fingerprint density at radius 2 is 1.80 bits per heavy atom. The van der Waals surface area contributed by atoms with Crippen LogP contribution in [0.1, 0.15) is 23.7 Å². The molecule has 0 amide bonds. The Morgan fingerprint density at radius 3 is 2.48 bits per heavy atom. The molecule has 0 spiro atoms. The zero-order valence-electron chi connectivity index (χ0n) is 14.2. The van der Waals surface area contributed by atoms with Crippen molar-refractivity contribution in [3.63, 3.8) is 0 Å². The number of methoxy groups -OCH3 is 3. The van der Waals surface area contributed by atoms with Crippen LogP contribution in [-0.4, -0.2) is 33.3 Å². The van der Waals surface area contributed by atoms with Gasteiger partial charge in [0, 0.05) is 23.6 Å². The number of rotatable bonds is 3. The molecule has 6 heteroatoms. The van der Waals surface area contributed by atoms with Gasteiger partial charge >= 0.3 is 11.9 Å². The highest BCUT2D eigenvalue weighted by molar-refractivity contribution is 6.02. The van der Waals surface area contributed by atoms with Crippen LogP contribution in [-0.2, 0) is 28.5 Å². The maximum Gasteiger partial charge on any atom is 0.338 e. The summed E-state index contributed by atoms with van der Waals surface area (Å²) in [4.78, 5) is 24.8. The van der Waals surface area contributed by atoms with Gasteiger partial charge in [-0.2, -0.15) is 0 Å². The molecule has 0 aromatic heterocycles. The Balaban J connectivity index is 2.30. The molecule has 1 unspecified atom stereocenters. The van der Waals surface area contributed by atoms with Crippen LogP contribution < -0.4 is 0 Å². The van der Waals surface area contributed by atoms with Crippen LogP contribution in [0.2, 0.25) is 0 Å². The fourth-order valence-electron chi connectivity index (χ4n) is 2.99. The molecule has 0 saturated heterocycles. The van der Waals surface area contributed by atoms with E-state index in [4.69, 9.17) is 18.9 Å². The van der Waals surface area contributed by atoms with E-state index in [-0.39, 0.29) is 17.6 Å². The summed E-state index contributed by atoms with van der Waals surface area (Å²) >= 11 is 0. The number of carbonyl (C=O) groups is 2. The second kappa shape index (κ2) is 6.84. The largest absolute Gasteiger partial charge is 0.497 e. The fourth-order valence-corrected chi connectivity index (χ4v) is 2.99. The Hall–Kier alpha value is -3.02. The van der Waals surface area contributed by atoms with Crippen molar-refractivity contribution in [3.05, 3.63) is 64.4 Å². The third kappa shape index (κ3) is 2.91. The highest BCUT2D eigenvalue weighted by Crippen LogP contribution is 2.45. The van der Waals surface area contributed by atoms with Gasteiger partial charge in [0.05, 0.1) is 32.5 Å². The van der Waals surface area contributed by atoms with E-state index in [1.807, 2.05) is 24.3 Å². The molecule has 130 valence electrons. The van der Waals surface area contributed by atoms with Crippen LogP contribution >= 0.6 is 0 Å². The zero-order chi connectivity index (χ0) is 18.0. The van der Waals surface area contributed by atoms with Crippen molar-refractivity contribution in [2.24, 2.45) is 0 Å². The number of carbonyl (C=O) groups excluding carboxylic acids is 2. The summed E-state index contributed by atoms with van der Waals surface area (Å²) in [5, 5.41) is 0. The van der Waals surface area contributed by atoms with Crippen molar-refractivity contribution >= 4 is 17.7 Å². The Labute approximate surface area is 145 Å². The van der Waals surface area contributed by atoms with Crippen molar-refractivity contribution in [2.75, 3.05) is 21.3 Å². The summed E-state index contributed by atoms with van der Waals surface area (Å²) in [5.41, 5.74) is 1.94. The fraction of sp³-hybridized carbons (Fsp3) is 0.263. The maximum atomic E-state index is 12.5. The first-order valence-electron chi connectivity index (χ1n) is 7.72. The van der Waals surface area contributed by atoms with Gasteiger partial charge in [0.15, 0.2) is 6.10 Å². The second-order valence-electron chi connectivity index (χ2n) is 5.48. The molecule has 2 aliphatic heterocycles.